The van der Waals surface area contributed by atoms with Crippen LogP contribution in [0.5, 0.6) is 0 Å². The molecular weight excluding hydrogens is 465 g/mol. The SMILES string of the molecule is CC(=O)Nc1cccc(-n2c(=O)n(C3CC3)c(=O)c3c(Nc4ccccc4F)n(C)c(=O)c(C)c32)c1. The summed E-state index contributed by atoms with van der Waals surface area (Å²) in [6.45, 7) is 2.92. The minimum absolute atomic E-state index is 0.0804. The fourth-order valence-corrected chi connectivity index (χ4v) is 4.47. The van der Waals surface area contributed by atoms with E-state index in [1.807, 2.05) is 0 Å². The molecule has 1 aliphatic rings. The highest BCUT2D eigenvalue weighted by molar-refractivity contribution is 5.94. The molecule has 9 nitrogen and oxygen atoms in total. The molecule has 4 aromatic rings. The van der Waals surface area contributed by atoms with Crippen molar-refractivity contribution in [1.82, 2.24) is 13.7 Å². The first-order valence-corrected chi connectivity index (χ1v) is 11.5. The van der Waals surface area contributed by atoms with Gasteiger partial charge in [-0.3, -0.25) is 28.1 Å². The summed E-state index contributed by atoms with van der Waals surface area (Å²) in [4.78, 5) is 52.4. The lowest BCUT2D eigenvalue weighted by molar-refractivity contribution is -0.114. The molecule has 2 aromatic carbocycles. The Morgan fingerprint density at radius 3 is 2.42 bits per heavy atom. The van der Waals surface area contributed by atoms with Gasteiger partial charge in [-0.15, -0.1) is 0 Å². The number of nitrogens with one attached hydrogen (secondary N) is 2. The number of halogens is 1. The van der Waals surface area contributed by atoms with Gasteiger partial charge in [0.15, 0.2) is 0 Å². The minimum Gasteiger partial charge on any atom is -0.338 e. The van der Waals surface area contributed by atoms with Crippen molar-refractivity contribution in [3.63, 3.8) is 0 Å². The standard InChI is InChI=1S/C26H24FN5O4/c1-14-22-21(23(30(3)24(14)34)29-20-10-5-4-9-19(20)27)25(35)32(17-11-12-17)26(36)31(22)18-8-6-7-16(13-18)28-15(2)33/h4-10,13,17,29H,11-12H2,1-3H3,(H,28,33). The maximum Gasteiger partial charge on any atom is 0.336 e. The molecule has 1 fully saturated rings. The van der Waals surface area contributed by atoms with Gasteiger partial charge in [0.1, 0.15) is 17.0 Å². The maximum absolute atomic E-state index is 14.5. The summed E-state index contributed by atoms with van der Waals surface area (Å²) in [5.74, 6) is -0.761. The summed E-state index contributed by atoms with van der Waals surface area (Å²) < 4.78 is 18.3. The number of para-hydroxylation sites is 1. The van der Waals surface area contributed by atoms with Gasteiger partial charge < -0.3 is 10.6 Å². The van der Waals surface area contributed by atoms with E-state index in [2.05, 4.69) is 10.6 Å². The molecule has 5 rings (SSSR count). The number of carbonyl (C=O) groups excluding carboxylic acids is 1. The molecule has 0 saturated heterocycles. The topological polar surface area (TPSA) is 107 Å². The van der Waals surface area contributed by atoms with Crippen LogP contribution in [0.4, 0.5) is 21.6 Å². The number of pyridine rings is 1. The summed E-state index contributed by atoms with van der Waals surface area (Å²) in [5.41, 5.74) is -0.351. The molecule has 2 N–H and O–H groups in total. The van der Waals surface area contributed by atoms with Gasteiger partial charge in [-0.25, -0.2) is 9.18 Å². The van der Waals surface area contributed by atoms with Gasteiger partial charge in [0.2, 0.25) is 5.91 Å². The highest BCUT2D eigenvalue weighted by atomic mass is 19.1. The highest BCUT2D eigenvalue weighted by Gasteiger charge is 2.31. The van der Waals surface area contributed by atoms with Crippen molar-refractivity contribution < 1.29 is 9.18 Å². The Kier molecular flexibility index (Phi) is 5.58. The van der Waals surface area contributed by atoms with Gasteiger partial charge in [-0.2, -0.15) is 0 Å². The normalized spacial score (nSPS) is 13.1. The van der Waals surface area contributed by atoms with E-state index in [1.54, 1.807) is 37.3 Å². The van der Waals surface area contributed by atoms with Crippen LogP contribution in [-0.4, -0.2) is 19.6 Å². The van der Waals surface area contributed by atoms with Gasteiger partial charge in [0.05, 0.1) is 16.9 Å². The van der Waals surface area contributed by atoms with Crippen molar-refractivity contribution >= 4 is 34.0 Å². The van der Waals surface area contributed by atoms with Crippen LogP contribution in [0.25, 0.3) is 16.6 Å². The second-order valence-corrected chi connectivity index (χ2v) is 8.92. The molecule has 36 heavy (non-hydrogen) atoms. The lowest BCUT2D eigenvalue weighted by Gasteiger charge is -2.21. The monoisotopic (exact) mass is 489 g/mol. The molecule has 1 amide bonds. The van der Waals surface area contributed by atoms with Crippen LogP contribution in [0.3, 0.4) is 0 Å². The zero-order chi connectivity index (χ0) is 25.7. The van der Waals surface area contributed by atoms with E-state index in [0.29, 0.717) is 24.2 Å². The van der Waals surface area contributed by atoms with Crippen LogP contribution < -0.4 is 27.4 Å². The number of aromatic nitrogens is 3. The van der Waals surface area contributed by atoms with Gasteiger partial charge in [-0.1, -0.05) is 18.2 Å². The Balaban J connectivity index is 1.92. The van der Waals surface area contributed by atoms with Crippen molar-refractivity contribution in [2.45, 2.75) is 32.7 Å². The predicted molar refractivity (Wildman–Crippen MR) is 136 cm³/mol. The van der Waals surface area contributed by atoms with Crippen LogP contribution in [0.1, 0.15) is 31.4 Å². The number of fused-ring (bicyclic) bond motifs is 1. The van der Waals surface area contributed by atoms with Gasteiger partial charge in [-0.05, 0) is 50.1 Å². The fraction of sp³-hybridized carbons (Fsp3) is 0.231. The lowest BCUT2D eigenvalue weighted by atomic mass is 10.1. The van der Waals surface area contributed by atoms with E-state index >= 15 is 0 Å². The van der Waals surface area contributed by atoms with Crippen molar-refractivity contribution in [2.75, 3.05) is 10.6 Å². The number of amides is 1. The number of benzene rings is 2. The molecule has 10 heteroatoms. The molecular formula is C26H24FN5O4. The first kappa shape index (κ1) is 23.3. The summed E-state index contributed by atoms with van der Waals surface area (Å²) in [6, 6.07) is 12.3. The molecule has 1 saturated carbocycles. The number of anilines is 3. The number of rotatable bonds is 5. The molecule has 0 unspecified atom stereocenters. The highest BCUT2D eigenvalue weighted by Crippen LogP contribution is 2.34. The van der Waals surface area contributed by atoms with Gasteiger partial charge in [0, 0.05) is 31.3 Å². The number of aryl methyl sites for hydroxylation is 1. The molecule has 0 spiro atoms. The third-order valence-corrected chi connectivity index (χ3v) is 6.31. The van der Waals surface area contributed by atoms with Gasteiger partial charge in [0.25, 0.3) is 11.1 Å². The molecule has 0 radical (unpaired) electrons. The van der Waals surface area contributed by atoms with Gasteiger partial charge >= 0.3 is 5.69 Å². The average molecular weight is 490 g/mol. The third-order valence-electron chi connectivity index (χ3n) is 6.31. The van der Waals surface area contributed by atoms with E-state index < -0.39 is 22.6 Å². The first-order valence-electron chi connectivity index (χ1n) is 11.5. The lowest BCUT2D eigenvalue weighted by Crippen LogP contribution is -2.41. The van der Waals surface area contributed by atoms with Crippen LogP contribution in [0.15, 0.2) is 62.9 Å². The van der Waals surface area contributed by atoms with E-state index in [1.165, 1.54) is 45.9 Å². The number of nitrogens with zero attached hydrogens (tertiary/aromatic N) is 3. The quantitative estimate of drug-likeness (QED) is 0.447. The van der Waals surface area contributed by atoms with E-state index in [0.717, 1.165) is 0 Å². The Labute approximate surface area is 204 Å². The van der Waals surface area contributed by atoms with Crippen molar-refractivity contribution in [3.8, 4) is 5.69 Å². The molecule has 0 bridgehead atoms. The summed E-state index contributed by atoms with van der Waals surface area (Å²) in [5, 5.41) is 5.69. The van der Waals surface area contributed by atoms with Crippen LogP contribution >= 0.6 is 0 Å². The Hall–Kier alpha value is -4.47. The number of carbonyl (C=O) groups is 1. The largest absolute Gasteiger partial charge is 0.338 e. The summed E-state index contributed by atoms with van der Waals surface area (Å²) in [6.07, 6.45) is 1.35. The van der Waals surface area contributed by atoms with E-state index in [4.69, 9.17) is 0 Å². The van der Waals surface area contributed by atoms with Crippen molar-refractivity contribution in [2.24, 2.45) is 7.05 Å². The van der Waals surface area contributed by atoms with Crippen LogP contribution in [0, 0.1) is 12.7 Å². The maximum atomic E-state index is 14.5. The zero-order valence-corrected chi connectivity index (χ0v) is 20.0. The second-order valence-electron chi connectivity index (χ2n) is 8.92. The smallest absolute Gasteiger partial charge is 0.336 e. The van der Waals surface area contributed by atoms with E-state index in [9.17, 15) is 23.6 Å². The second kappa shape index (κ2) is 8.63. The number of hydrogen-bond donors (Lipinski definition) is 2. The first-order chi connectivity index (χ1) is 17.2. The molecule has 184 valence electrons. The Morgan fingerprint density at radius 2 is 1.75 bits per heavy atom. The minimum atomic E-state index is -0.580. The molecule has 1 aliphatic carbocycles. The van der Waals surface area contributed by atoms with Crippen LogP contribution in [-0.2, 0) is 11.8 Å². The van der Waals surface area contributed by atoms with Crippen molar-refractivity contribution in [1.29, 1.82) is 0 Å². The fourth-order valence-electron chi connectivity index (χ4n) is 4.47. The number of hydrogen-bond acceptors (Lipinski definition) is 5. The van der Waals surface area contributed by atoms with Crippen LogP contribution in [0.2, 0.25) is 0 Å². The van der Waals surface area contributed by atoms with E-state index in [-0.39, 0.29) is 39.9 Å². The Morgan fingerprint density at radius 1 is 1.03 bits per heavy atom. The molecule has 2 heterocycles. The summed E-state index contributed by atoms with van der Waals surface area (Å²) in [7, 11) is 1.49. The Bertz CT molecular complexity index is 1730. The molecule has 2 aromatic heterocycles. The zero-order valence-electron chi connectivity index (χ0n) is 20.0. The molecule has 0 atom stereocenters. The third kappa shape index (κ3) is 3.80. The molecule has 0 aliphatic heterocycles. The average Bonchev–Trinajstić information content (AvgIpc) is 3.66. The summed E-state index contributed by atoms with van der Waals surface area (Å²) >= 11 is 0. The predicted octanol–water partition coefficient (Wildman–Crippen LogP) is 3.34. The van der Waals surface area contributed by atoms with Crippen molar-refractivity contribution in [3.05, 3.63) is 91.1 Å².